The number of hydrogen-bond acceptors (Lipinski definition) is 2. The third-order valence-electron chi connectivity index (χ3n) is 2.72. The van der Waals surface area contributed by atoms with Crippen molar-refractivity contribution in [1.29, 1.82) is 0 Å². The highest BCUT2D eigenvalue weighted by atomic mass is 35.5. The summed E-state index contributed by atoms with van der Waals surface area (Å²) in [5.74, 6) is 0. The highest BCUT2D eigenvalue weighted by molar-refractivity contribution is 6.33. The molecule has 0 radical (unpaired) electrons. The molecule has 0 amide bonds. The van der Waals surface area contributed by atoms with E-state index in [1.54, 1.807) is 13.0 Å². The van der Waals surface area contributed by atoms with Gasteiger partial charge in [0, 0.05) is 5.56 Å². The van der Waals surface area contributed by atoms with Crippen LogP contribution in [-0.4, -0.2) is 0 Å². The van der Waals surface area contributed by atoms with Crippen molar-refractivity contribution in [1.82, 2.24) is 0 Å². The van der Waals surface area contributed by atoms with Gasteiger partial charge in [-0.1, -0.05) is 17.7 Å². The van der Waals surface area contributed by atoms with E-state index < -0.39 is 11.7 Å². The van der Waals surface area contributed by atoms with Crippen molar-refractivity contribution in [3.63, 3.8) is 0 Å². The molecule has 102 valence electrons. The van der Waals surface area contributed by atoms with E-state index >= 15 is 0 Å². The second kappa shape index (κ2) is 5.17. The van der Waals surface area contributed by atoms with Gasteiger partial charge in [0.2, 0.25) is 0 Å². The largest absolute Gasteiger partial charge is 0.472 e. The maximum atomic E-state index is 12.9. The van der Waals surface area contributed by atoms with Crippen molar-refractivity contribution in [3.05, 3.63) is 52.9 Å². The molecule has 2 rings (SSSR count). The molecule has 2 nitrogen and oxygen atoms in total. The first kappa shape index (κ1) is 13.8. The summed E-state index contributed by atoms with van der Waals surface area (Å²) in [4.78, 5) is 0. The normalized spacial score (nSPS) is 13.3. The van der Waals surface area contributed by atoms with Crippen LogP contribution in [0.3, 0.4) is 0 Å². The molecule has 1 N–H and O–H groups in total. The summed E-state index contributed by atoms with van der Waals surface area (Å²) in [6.45, 7) is 1.73. The highest BCUT2D eigenvalue weighted by Gasteiger charge is 2.34. The fourth-order valence-corrected chi connectivity index (χ4v) is 1.96. The Morgan fingerprint density at radius 2 is 2.00 bits per heavy atom. The van der Waals surface area contributed by atoms with Crippen LogP contribution in [0.5, 0.6) is 0 Å². The summed E-state index contributed by atoms with van der Waals surface area (Å²) >= 11 is 5.85. The predicted molar refractivity (Wildman–Crippen MR) is 67.2 cm³/mol. The summed E-state index contributed by atoms with van der Waals surface area (Å²) in [6.07, 6.45) is -1.52. The van der Waals surface area contributed by atoms with E-state index in [0.717, 1.165) is 11.6 Å². The monoisotopic (exact) mass is 289 g/mol. The standard InChI is InChI=1S/C13H11ClF3NO/c1-8(9-5-6-19-7-9)18-12-10(13(15,16)17)3-2-4-11(12)14/h2-8,18H,1H3. The van der Waals surface area contributed by atoms with Gasteiger partial charge >= 0.3 is 6.18 Å². The van der Waals surface area contributed by atoms with Crippen LogP contribution in [0.15, 0.2) is 41.2 Å². The molecule has 1 aromatic carbocycles. The summed E-state index contributed by atoms with van der Waals surface area (Å²) in [5.41, 5.74) is -0.159. The number of benzene rings is 1. The second-order valence-electron chi connectivity index (χ2n) is 4.08. The van der Waals surface area contributed by atoms with Gasteiger partial charge in [0.1, 0.15) is 0 Å². The number of nitrogens with one attached hydrogen (secondary N) is 1. The van der Waals surface area contributed by atoms with E-state index in [2.05, 4.69) is 5.32 Å². The number of halogens is 4. The predicted octanol–water partition coefficient (Wildman–Crippen LogP) is 5.12. The molecular formula is C13H11ClF3NO. The Hall–Kier alpha value is -1.62. The molecule has 6 heteroatoms. The lowest BCUT2D eigenvalue weighted by Crippen LogP contribution is -2.13. The minimum atomic E-state index is -4.46. The molecule has 0 spiro atoms. The van der Waals surface area contributed by atoms with Gasteiger partial charge < -0.3 is 9.73 Å². The molecule has 0 saturated heterocycles. The molecule has 0 bridgehead atoms. The van der Waals surface area contributed by atoms with Crippen molar-refractivity contribution in [2.75, 3.05) is 5.32 Å². The SMILES string of the molecule is CC(Nc1c(Cl)cccc1C(F)(F)F)c1ccoc1. The van der Waals surface area contributed by atoms with E-state index in [1.807, 2.05) is 0 Å². The van der Waals surface area contributed by atoms with Crippen LogP contribution >= 0.6 is 11.6 Å². The first-order valence-electron chi connectivity index (χ1n) is 5.54. The average Bonchev–Trinajstić information content (AvgIpc) is 2.83. The van der Waals surface area contributed by atoms with Crippen LogP contribution in [-0.2, 0) is 6.18 Å². The van der Waals surface area contributed by atoms with Crippen LogP contribution in [0.2, 0.25) is 5.02 Å². The van der Waals surface area contributed by atoms with Gasteiger partial charge in [0.05, 0.1) is 34.8 Å². The van der Waals surface area contributed by atoms with Crippen molar-refractivity contribution in [2.45, 2.75) is 19.1 Å². The summed E-state index contributed by atoms with van der Waals surface area (Å²) in [7, 11) is 0. The van der Waals surface area contributed by atoms with E-state index in [0.29, 0.717) is 0 Å². The third-order valence-corrected chi connectivity index (χ3v) is 3.04. The summed E-state index contributed by atoms with van der Waals surface area (Å²) in [6, 6.07) is 5.03. The summed E-state index contributed by atoms with van der Waals surface area (Å²) < 4.78 is 43.6. The number of rotatable bonds is 3. The zero-order valence-electron chi connectivity index (χ0n) is 9.96. The highest BCUT2D eigenvalue weighted by Crippen LogP contribution is 2.39. The lowest BCUT2D eigenvalue weighted by molar-refractivity contribution is -0.137. The Kier molecular flexibility index (Phi) is 3.75. The van der Waals surface area contributed by atoms with E-state index in [9.17, 15) is 13.2 Å². The molecule has 1 atom stereocenters. The molecule has 0 aliphatic carbocycles. The molecule has 0 saturated carbocycles. The minimum absolute atomic E-state index is 0.0326. The lowest BCUT2D eigenvalue weighted by Gasteiger charge is -2.19. The molecule has 19 heavy (non-hydrogen) atoms. The molecule has 0 aliphatic rings. The zero-order chi connectivity index (χ0) is 14.0. The first-order valence-corrected chi connectivity index (χ1v) is 5.91. The van der Waals surface area contributed by atoms with Gasteiger partial charge in [0.15, 0.2) is 0 Å². The number of para-hydroxylation sites is 1. The fourth-order valence-electron chi connectivity index (χ4n) is 1.73. The Balaban J connectivity index is 2.34. The van der Waals surface area contributed by atoms with Gasteiger partial charge in [-0.25, -0.2) is 0 Å². The number of furan rings is 1. The fraction of sp³-hybridized carbons (Fsp3) is 0.231. The molecule has 2 aromatic rings. The van der Waals surface area contributed by atoms with Gasteiger partial charge in [-0.3, -0.25) is 0 Å². The second-order valence-corrected chi connectivity index (χ2v) is 4.49. The van der Waals surface area contributed by atoms with Gasteiger partial charge in [-0.15, -0.1) is 0 Å². The quantitative estimate of drug-likeness (QED) is 0.848. The molecule has 1 aromatic heterocycles. The van der Waals surface area contributed by atoms with Crippen molar-refractivity contribution in [3.8, 4) is 0 Å². The van der Waals surface area contributed by atoms with Crippen molar-refractivity contribution < 1.29 is 17.6 Å². The summed E-state index contributed by atoms with van der Waals surface area (Å²) in [5, 5.41) is 2.81. The number of anilines is 1. The molecule has 1 unspecified atom stereocenters. The van der Waals surface area contributed by atoms with E-state index in [4.69, 9.17) is 16.0 Å². The van der Waals surface area contributed by atoms with E-state index in [-0.39, 0.29) is 16.8 Å². The molecular weight excluding hydrogens is 279 g/mol. The van der Waals surface area contributed by atoms with Crippen LogP contribution < -0.4 is 5.32 Å². The number of alkyl halides is 3. The van der Waals surface area contributed by atoms with Gasteiger partial charge in [0.25, 0.3) is 0 Å². The Labute approximate surface area is 113 Å². The molecule has 1 heterocycles. The van der Waals surface area contributed by atoms with Crippen molar-refractivity contribution in [2.24, 2.45) is 0 Å². The Bertz CT molecular complexity index is 552. The third kappa shape index (κ3) is 3.04. The molecule has 0 aliphatic heterocycles. The van der Waals surface area contributed by atoms with Crippen LogP contribution in [0.1, 0.15) is 24.1 Å². The van der Waals surface area contributed by atoms with Crippen LogP contribution in [0, 0.1) is 0 Å². The van der Waals surface area contributed by atoms with E-state index in [1.165, 1.54) is 24.7 Å². The van der Waals surface area contributed by atoms with Gasteiger partial charge in [-0.05, 0) is 25.1 Å². The first-order chi connectivity index (χ1) is 8.89. The smallest absolute Gasteiger partial charge is 0.418 e. The lowest BCUT2D eigenvalue weighted by atomic mass is 10.1. The van der Waals surface area contributed by atoms with Gasteiger partial charge in [-0.2, -0.15) is 13.2 Å². The topological polar surface area (TPSA) is 25.2 Å². The van der Waals surface area contributed by atoms with Crippen LogP contribution in [0.4, 0.5) is 18.9 Å². The minimum Gasteiger partial charge on any atom is -0.472 e. The zero-order valence-corrected chi connectivity index (χ0v) is 10.7. The maximum absolute atomic E-state index is 12.9. The van der Waals surface area contributed by atoms with Crippen LogP contribution in [0.25, 0.3) is 0 Å². The number of hydrogen-bond donors (Lipinski definition) is 1. The Morgan fingerprint density at radius 3 is 2.58 bits per heavy atom. The maximum Gasteiger partial charge on any atom is 0.418 e. The Morgan fingerprint density at radius 1 is 1.26 bits per heavy atom. The average molecular weight is 290 g/mol. The molecule has 0 fully saturated rings. The van der Waals surface area contributed by atoms with Crippen molar-refractivity contribution >= 4 is 17.3 Å².